The summed E-state index contributed by atoms with van der Waals surface area (Å²) in [5.41, 5.74) is -0.310. The first kappa shape index (κ1) is 13.9. The summed E-state index contributed by atoms with van der Waals surface area (Å²) in [6.07, 6.45) is 0. The van der Waals surface area contributed by atoms with Gasteiger partial charge in [0.25, 0.3) is 0 Å². The number of carboxylic acid groups (broad SMARTS) is 1. The fourth-order valence-corrected chi connectivity index (χ4v) is 1.10. The summed E-state index contributed by atoms with van der Waals surface area (Å²) in [4.78, 5) is 21.8. The van der Waals surface area contributed by atoms with Gasteiger partial charge in [-0.1, -0.05) is 13.0 Å². The fraction of sp³-hybridized carbons (Fsp3) is 0.273. The number of benzene rings is 1. The zero-order valence-electron chi connectivity index (χ0n) is 9.54. The van der Waals surface area contributed by atoms with Gasteiger partial charge in [0.1, 0.15) is 0 Å². The Hall–Kier alpha value is -2.18. The van der Waals surface area contributed by atoms with Crippen molar-refractivity contribution in [2.75, 3.05) is 11.9 Å². The van der Waals surface area contributed by atoms with Crippen LogP contribution in [0.2, 0.25) is 0 Å². The van der Waals surface area contributed by atoms with Crippen molar-refractivity contribution in [3.63, 3.8) is 0 Å². The van der Waals surface area contributed by atoms with Gasteiger partial charge in [0, 0.05) is 6.54 Å². The van der Waals surface area contributed by atoms with Crippen molar-refractivity contribution in [3.05, 3.63) is 29.8 Å². The van der Waals surface area contributed by atoms with E-state index in [4.69, 9.17) is 5.11 Å². The second kappa shape index (κ2) is 5.95. The molecule has 98 valence electrons. The molecule has 0 heterocycles. The van der Waals surface area contributed by atoms with Crippen LogP contribution in [0.25, 0.3) is 0 Å². The number of rotatable bonds is 4. The van der Waals surface area contributed by atoms with E-state index in [1.807, 2.05) is 0 Å². The van der Waals surface area contributed by atoms with Gasteiger partial charge in [-0.3, -0.25) is 4.79 Å². The molecule has 0 aliphatic heterocycles. The first-order valence-corrected chi connectivity index (χ1v) is 5.13. The number of nitrogens with one attached hydrogen (secondary N) is 2. The zero-order valence-corrected chi connectivity index (χ0v) is 9.54. The maximum atomic E-state index is 13.2. The third-order valence-electron chi connectivity index (χ3n) is 2.19. The van der Waals surface area contributed by atoms with Crippen molar-refractivity contribution >= 4 is 17.7 Å². The predicted octanol–water partition coefficient (Wildman–Crippen LogP) is 1.81. The van der Waals surface area contributed by atoms with E-state index < -0.39 is 29.6 Å². The molecule has 0 aliphatic carbocycles. The van der Waals surface area contributed by atoms with E-state index >= 15 is 0 Å². The Morgan fingerprint density at radius 3 is 2.67 bits per heavy atom. The molecule has 0 saturated heterocycles. The molecule has 1 aromatic carbocycles. The lowest BCUT2D eigenvalue weighted by Crippen LogP contribution is -2.34. The summed E-state index contributed by atoms with van der Waals surface area (Å²) in [6, 6.07) is 2.56. The highest BCUT2D eigenvalue weighted by Crippen LogP contribution is 2.16. The average Bonchev–Trinajstić information content (AvgIpc) is 2.32. The Kier molecular flexibility index (Phi) is 4.59. The van der Waals surface area contributed by atoms with Gasteiger partial charge in [-0.2, -0.15) is 0 Å². The van der Waals surface area contributed by atoms with Crippen molar-refractivity contribution in [2.45, 2.75) is 6.92 Å². The summed E-state index contributed by atoms with van der Waals surface area (Å²) in [6.45, 7) is 1.30. The maximum Gasteiger partial charge on any atom is 0.319 e. The topological polar surface area (TPSA) is 78.4 Å². The number of hydrogen-bond donors (Lipinski definition) is 3. The Morgan fingerprint density at radius 2 is 2.06 bits per heavy atom. The number of aliphatic carboxylic acids is 1. The third-order valence-corrected chi connectivity index (χ3v) is 2.19. The molecule has 0 saturated carbocycles. The summed E-state index contributed by atoms with van der Waals surface area (Å²) < 4.78 is 26.0. The minimum atomic E-state index is -1.17. The number of halogens is 2. The molecule has 18 heavy (non-hydrogen) atoms. The van der Waals surface area contributed by atoms with Crippen LogP contribution in [-0.4, -0.2) is 23.7 Å². The van der Waals surface area contributed by atoms with Gasteiger partial charge in [-0.05, 0) is 12.1 Å². The molecular formula is C11H12F2N2O3. The molecule has 1 unspecified atom stereocenters. The predicted molar refractivity (Wildman–Crippen MR) is 60.2 cm³/mol. The molecule has 5 nitrogen and oxygen atoms in total. The number of hydrogen-bond acceptors (Lipinski definition) is 2. The summed E-state index contributed by atoms with van der Waals surface area (Å²) >= 11 is 0. The van der Waals surface area contributed by atoms with Gasteiger partial charge in [-0.15, -0.1) is 0 Å². The molecule has 1 aromatic rings. The highest BCUT2D eigenvalue weighted by molar-refractivity contribution is 5.89. The fourth-order valence-electron chi connectivity index (χ4n) is 1.10. The zero-order chi connectivity index (χ0) is 13.7. The molecule has 7 heteroatoms. The van der Waals surface area contributed by atoms with Crippen LogP contribution in [0.5, 0.6) is 0 Å². The average molecular weight is 258 g/mol. The first-order valence-electron chi connectivity index (χ1n) is 5.13. The first-order chi connectivity index (χ1) is 8.41. The Balaban J connectivity index is 2.55. The van der Waals surface area contributed by atoms with Crippen LogP contribution in [0, 0.1) is 17.6 Å². The molecule has 1 atom stereocenters. The van der Waals surface area contributed by atoms with E-state index in [-0.39, 0.29) is 12.2 Å². The molecule has 0 aromatic heterocycles. The quantitative estimate of drug-likeness (QED) is 0.770. The second-order valence-electron chi connectivity index (χ2n) is 3.68. The molecule has 3 N–H and O–H groups in total. The Bertz CT molecular complexity index is 466. The van der Waals surface area contributed by atoms with Crippen LogP contribution >= 0.6 is 0 Å². The molecule has 0 spiro atoms. The Morgan fingerprint density at radius 1 is 1.39 bits per heavy atom. The number of carboxylic acids is 1. The van der Waals surface area contributed by atoms with Crippen molar-refractivity contribution in [1.29, 1.82) is 0 Å². The highest BCUT2D eigenvalue weighted by Gasteiger charge is 2.14. The van der Waals surface area contributed by atoms with E-state index in [1.165, 1.54) is 19.1 Å². The van der Waals surface area contributed by atoms with Crippen molar-refractivity contribution in [2.24, 2.45) is 5.92 Å². The molecule has 1 rings (SSSR count). The van der Waals surface area contributed by atoms with Gasteiger partial charge in [0.2, 0.25) is 0 Å². The van der Waals surface area contributed by atoms with E-state index in [0.29, 0.717) is 0 Å². The van der Waals surface area contributed by atoms with Crippen LogP contribution < -0.4 is 10.6 Å². The normalized spacial score (nSPS) is 11.7. The van der Waals surface area contributed by atoms with E-state index in [2.05, 4.69) is 10.6 Å². The molecule has 0 fully saturated rings. The molecule has 0 radical (unpaired) electrons. The van der Waals surface area contributed by atoms with Crippen molar-refractivity contribution < 1.29 is 23.5 Å². The van der Waals surface area contributed by atoms with E-state index in [1.54, 1.807) is 0 Å². The van der Waals surface area contributed by atoms with Crippen LogP contribution in [0.1, 0.15) is 6.92 Å². The maximum absolute atomic E-state index is 13.2. The van der Waals surface area contributed by atoms with E-state index in [0.717, 1.165) is 6.07 Å². The van der Waals surface area contributed by atoms with Gasteiger partial charge >= 0.3 is 12.0 Å². The second-order valence-corrected chi connectivity index (χ2v) is 3.68. The smallest absolute Gasteiger partial charge is 0.319 e. The standard InChI is InChI=1S/C11H12F2N2O3/c1-6(10(16)17)5-14-11(18)15-8-4-2-3-7(12)9(8)13/h2-4,6H,5H2,1H3,(H,16,17)(H2,14,15,18). The molecule has 0 bridgehead atoms. The van der Waals surface area contributed by atoms with Crippen LogP contribution in [-0.2, 0) is 4.79 Å². The summed E-state index contributed by atoms with van der Waals surface area (Å²) in [5, 5.41) is 12.9. The number of amides is 2. The van der Waals surface area contributed by atoms with Crippen molar-refractivity contribution in [1.82, 2.24) is 5.32 Å². The summed E-state index contributed by atoms with van der Waals surface area (Å²) in [7, 11) is 0. The van der Waals surface area contributed by atoms with Crippen LogP contribution in [0.4, 0.5) is 19.3 Å². The molecular weight excluding hydrogens is 246 g/mol. The third kappa shape index (κ3) is 3.69. The number of carbonyl (C=O) groups excluding carboxylic acids is 1. The van der Waals surface area contributed by atoms with Crippen LogP contribution in [0.3, 0.4) is 0 Å². The van der Waals surface area contributed by atoms with E-state index in [9.17, 15) is 18.4 Å². The monoisotopic (exact) mass is 258 g/mol. The van der Waals surface area contributed by atoms with Gasteiger partial charge < -0.3 is 15.7 Å². The van der Waals surface area contributed by atoms with Gasteiger partial charge in [0.15, 0.2) is 11.6 Å². The minimum Gasteiger partial charge on any atom is -0.481 e. The lowest BCUT2D eigenvalue weighted by Gasteiger charge is -2.10. The largest absolute Gasteiger partial charge is 0.481 e. The highest BCUT2D eigenvalue weighted by atomic mass is 19.2. The van der Waals surface area contributed by atoms with Gasteiger partial charge in [0.05, 0.1) is 11.6 Å². The summed E-state index contributed by atoms with van der Waals surface area (Å²) in [5.74, 6) is -4.08. The van der Waals surface area contributed by atoms with Gasteiger partial charge in [-0.25, -0.2) is 13.6 Å². The number of anilines is 1. The SMILES string of the molecule is CC(CNC(=O)Nc1cccc(F)c1F)C(=O)O. The number of carbonyl (C=O) groups is 2. The van der Waals surface area contributed by atoms with Crippen molar-refractivity contribution in [3.8, 4) is 0 Å². The lowest BCUT2D eigenvalue weighted by molar-refractivity contribution is -0.140. The molecule has 2 amide bonds. The Labute approximate surface area is 102 Å². The lowest BCUT2D eigenvalue weighted by atomic mass is 10.2. The number of urea groups is 1. The minimum absolute atomic E-state index is 0.113. The molecule has 0 aliphatic rings. The van der Waals surface area contributed by atoms with Crippen LogP contribution in [0.15, 0.2) is 18.2 Å².